The second-order valence-corrected chi connectivity index (χ2v) is 4.65. The van der Waals surface area contributed by atoms with Gasteiger partial charge in [-0.05, 0) is 36.6 Å². The Hall–Kier alpha value is -2.04. The van der Waals surface area contributed by atoms with E-state index in [9.17, 15) is 9.59 Å². The predicted octanol–water partition coefficient (Wildman–Crippen LogP) is 2.01. The number of primary amides is 1. The number of aryl methyl sites for hydroxylation is 1. The van der Waals surface area contributed by atoms with Crippen molar-refractivity contribution >= 4 is 17.6 Å². The molecule has 0 aliphatic heterocycles. The van der Waals surface area contributed by atoms with Gasteiger partial charge in [0, 0.05) is 24.2 Å². The van der Waals surface area contributed by atoms with E-state index in [-0.39, 0.29) is 12.3 Å². The highest BCUT2D eigenvalue weighted by Gasteiger charge is 2.11. The third-order valence-electron chi connectivity index (χ3n) is 3.13. The molecule has 1 aromatic rings. The number of amides is 1. The van der Waals surface area contributed by atoms with Gasteiger partial charge in [-0.2, -0.15) is 0 Å². The third-order valence-corrected chi connectivity index (χ3v) is 3.13. The summed E-state index contributed by atoms with van der Waals surface area (Å²) < 4.78 is 0. The van der Waals surface area contributed by atoms with Crippen molar-refractivity contribution in [2.45, 2.75) is 26.7 Å². The lowest BCUT2D eigenvalue weighted by Gasteiger charge is -2.15. The maximum atomic E-state index is 11.1. The highest BCUT2D eigenvalue weighted by molar-refractivity contribution is 5.94. The monoisotopic (exact) mass is 264 g/mol. The molecule has 1 atom stereocenters. The number of carboxylic acid groups (broad SMARTS) is 1. The van der Waals surface area contributed by atoms with Crippen LogP contribution in [0.5, 0.6) is 0 Å². The lowest BCUT2D eigenvalue weighted by molar-refractivity contribution is -0.138. The molecule has 1 rings (SSSR count). The van der Waals surface area contributed by atoms with Crippen molar-refractivity contribution in [2.75, 3.05) is 11.9 Å². The average molecular weight is 264 g/mol. The Morgan fingerprint density at radius 1 is 1.42 bits per heavy atom. The van der Waals surface area contributed by atoms with Gasteiger partial charge in [0.1, 0.15) is 0 Å². The predicted molar refractivity (Wildman–Crippen MR) is 74.2 cm³/mol. The molecular formula is C14H20N2O3. The van der Waals surface area contributed by atoms with E-state index in [1.807, 2.05) is 19.9 Å². The zero-order chi connectivity index (χ0) is 14.4. The number of nitrogens with one attached hydrogen (secondary N) is 1. The van der Waals surface area contributed by atoms with Crippen LogP contribution in [0.2, 0.25) is 0 Å². The van der Waals surface area contributed by atoms with Gasteiger partial charge in [0.25, 0.3) is 0 Å². The van der Waals surface area contributed by atoms with Crippen LogP contribution < -0.4 is 11.1 Å². The number of carbonyl (C=O) groups excluding carboxylic acids is 1. The van der Waals surface area contributed by atoms with Gasteiger partial charge in [-0.3, -0.25) is 9.59 Å². The van der Waals surface area contributed by atoms with Crippen LogP contribution in [-0.4, -0.2) is 23.5 Å². The molecular weight excluding hydrogens is 244 g/mol. The first-order valence-corrected chi connectivity index (χ1v) is 6.30. The van der Waals surface area contributed by atoms with Crippen LogP contribution >= 0.6 is 0 Å². The van der Waals surface area contributed by atoms with Gasteiger partial charge >= 0.3 is 5.97 Å². The molecule has 0 aromatic heterocycles. The zero-order valence-electron chi connectivity index (χ0n) is 11.3. The van der Waals surface area contributed by atoms with Crippen molar-refractivity contribution in [2.24, 2.45) is 11.7 Å². The van der Waals surface area contributed by atoms with Crippen LogP contribution in [0.15, 0.2) is 18.2 Å². The lowest BCUT2D eigenvalue weighted by Crippen LogP contribution is -2.17. The maximum absolute atomic E-state index is 11.1. The van der Waals surface area contributed by atoms with Gasteiger partial charge in [0.05, 0.1) is 0 Å². The number of anilines is 1. The Labute approximate surface area is 112 Å². The van der Waals surface area contributed by atoms with E-state index >= 15 is 0 Å². The summed E-state index contributed by atoms with van der Waals surface area (Å²) in [6.45, 7) is 4.38. The summed E-state index contributed by atoms with van der Waals surface area (Å²) in [6, 6.07) is 5.30. The van der Waals surface area contributed by atoms with Crippen LogP contribution in [-0.2, 0) is 4.79 Å². The molecule has 1 unspecified atom stereocenters. The Kier molecular flexibility index (Phi) is 5.36. The highest BCUT2D eigenvalue weighted by Crippen LogP contribution is 2.16. The van der Waals surface area contributed by atoms with Crippen molar-refractivity contribution in [3.05, 3.63) is 29.3 Å². The minimum Gasteiger partial charge on any atom is -0.481 e. The smallest absolute Gasteiger partial charge is 0.303 e. The van der Waals surface area contributed by atoms with E-state index in [1.165, 1.54) is 0 Å². The van der Waals surface area contributed by atoms with Crippen LogP contribution in [0.1, 0.15) is 35.7 Å². The largest absolute Gasteiger partial charge is 0.481 e. The number of nitrogens with two attached hydrogens (primary N) is 1. The number of carboxylic acids is 1. The Balaban J connectivity index is 2.65. The minimum absolute atomic E-state index is 0.0913. The first kappa shape index (κ1) is 15.0. The maximum Gasteiger partial charge on any atom is 0.303 e. The minimum atomic E-state index is -0.783. The Bertz CT molecular complexity index is 472. The molecule has 0 aliphatic carbocycles. The molecule has 104 valence electrons. The summed E-state index contributed by atoms with van der Waals surface area (Å²) in [6.07, 6.45) is 0.958. The molecule has 5 heteroatoms. The summed E-state index contributed by atoms with van der Waals surface area (Å²) >= 11 is 0. The summed E-state index contributed by atoms with van der Waals surface area (Å²) in [4.78, 5) is 21.8. The number of aliphatic carboxylic acids is 1. The van der Waals surface area contributed by atoms with E-state index in [0.29, 0.717) is 12.1 Å². The molecule has 0 fully saturated rings. The molecule has 1 aromatic carbocycles. The van der Waals surface area contributed by atoms with Crippen molar-refractivity contribution in [3.8, 4) is 0 Å². The second-order valence-electron chi connectivity index (χ2n) is 4.65. The molecule has 5 nitrogen and oxygen atoms in total. The first-order valence-electron chi connectivity index (χ1n) is 6.30. The fourth-order valence-corrected chi connectivity index (χ4v) is 1.92. The molecule has 0 bridgehead atoms. The highest BCUT2D eigenvalue weighted by atomic mass is 16.4. The Morgan fingerprint density at radius 3 is 2.58 bits per heavy atom. The van der Waals surface area contributed by atoms with E-state index in [2.05, 4.69) is 5.32 Å². The topological polar surface area (TPSA) is 92.4 Å². The fourth-order valence-electron chi connectivity index (χ4n) is 1.92. The van der Waals surface area contributed by atoms with E-state index in [4.69, 9.17) is 10.8 Å². The molecule has 0 aliphatic rings. The van der Waals surface area contributed by atoms with Crippen LogP contribution in [0.4, 0.5) is 5.69 Å². The third kappa shape index (κ3) is 4.62. The fraction of sp³-hybridized carbons (Fsp3) is 0.429. The SMILES string of the molecule is CCC(CNc1ccc(C(N)=O)c(C)c1)CC(=O)O. The molecule has 0 saturated heterocycles. The van der Waals surface area contributed by atoms with E-state index in [1.54, 1.807) is 12.1 Å². The molecule has 0 saturated carbocycles. The van der Waals surface area contributed by atoms with Gasteiger partial charge in [0.15, 0.2) is 0 Å². The zero-order valence-corrected chi connectivity index (χ0v) is 11.3. The van der Waals surface area contributed by atoms with Crippen LogP contribution in [0.3, 0.4) is 0 Å². The van der Waals surface area contributed by atoms with Gasteiger partial charge in [0.2, 0.25) is 5.91 Å². The molecule has 19 heavy (non-hydrogen) atoms. The van der Waals surface area contributed by atoms with Crippen LogP contribution in [0, 0.1) is 12.8 Å². The molecule has 0 spiro atoms. The summed E-state index contributed by atoms with van der Waals surface area (Å²) in [5, 5.41) is 12.0. The molecule has 0 heterocycles. The number of hydrogen-bond acceptors (Lipinski definition) is 3. The van der Waals surface area contributed by atoms with Gasteiger partial charge in [-0.25, -0.2) is 0 Å². The van der Waals surface area contributed by atoms with Crippen LogP contribution in [0.25, 0.3) is 0 Å². The number of carbonyl (C=O) groups is 2. The number of rotatable bonds is 7. The lowest BCUT2D eigenvalue weighted by atomic mass is 10.0. The second kappa shape index (κ2) is 6.78. The number of hydrogen-bond donors (Lipinski definition) is 3. The van der Waals surface area contributed by atoms with Crippen molar-refractivity contribution in [1.82, 2.24) is 0 Å². The van der Waals surface area contributed by atoms with Crippen molar-refractivity contribution in [3.63, 3.8) is 0 Å². The normalized spacial score (nSPS) is 11.9. The van der Waals surface area contributed by atoms with Gasteiger partial charge in [-0.1, -0.05) is 13.3 Å². The molecule has 4 N–H and O–H groups in total. The number of benzene rings is 1. The van der Waals surface area contributed by atoms with E-state index < -0.39 is 11.9 Å². The van der Waals surface area contributed by atoms with Gasteiger partial charge < -0.3 is 16.2 Å². The molecule has 1 amide bonds. The molecule has 0 radical (unpaired) electrons. The van der Waals surface area contributed by atoms with Crippen molar-refractivity contribution < 1.29 is 14.7 Å². The summed E-state index contributed by atoms with van der Waals surface area (Å²) in [7, 11) is 0. The quantitative estimate of drug-likeness (QED) is 0.702. The first-order chi connectivity index (χ1) is 8.93. The van der Waals surface area contributed by atoms with Crippen molar-refractivity contribution in [1.29, 1.82) is 0 Å². The van der Waals surface area contributed by atoms with E-state index in [0.717, 1.165) is 17.7 Å². The summed E-state index contributed by atoms with van der Waals surface area (Å²) in [5.41, 5.74) is 7.42. The average Bonchev–Trinajstić information content (AvgIpc) is 2.33. The summed E-state index contributed by atoms with van der Waals surface area (Å²) in [5.74, 6) is -1.14. The Morgan fingerprint density at radius 2 is 2.11 bits per heavy atom. The standard InChI is InChI=1S/C14H20N2O3/c1-3-10(7-13(17)18)8-16-11-4-5-12(14(15)19)9(2)6-11/h4-6,10,16H,3,7-8H2,1-2H3,(H2,15,19)(H,17,18). The van der Waals surface area contributed by atoms with Gasteiger partial charge in [-0.15, -0.1) is 0 Å².